The van der Waals surface area contributed by atoms with Gasteiger partial charge in [0.2, 0.25) is 0 Å². The van der Waals surface area contributed by atoms with Gasteiger partial charge < -0.3 is 20.1 Å². The van der Waals surface area contributed by atoms with E-state index in [2.05, 4.69) is 22.2 Å². The minimum absolute atomic E-state index is 0.0462. The summed E-state index contributed by atoms with van der Waals surface area (Å²) < 4.78 is 7.91. The van der Waals surface area contributed by atoms with Crippen molar-refractivity contribution in [3.63, 3.8) is 0 Å². The van der Waals surface area contributed by atoms with Crippen LogP contribution in [-0.4, -0.2) is 64.8 Å². The Morgan fingerprint density at radius 1 is 1.10 bits per heavy atom. The lowest BCUT2D eigenvalue weighted by molar-refractivity contribution is -0.0549. The fourth-order valence-electron chi connectivity index (χ4n) is 3.53. The van der Waals surface area contributed by atoms with Gasteiger partial charge in [-0.15, -0.1) is 5.10 Å². The number of rotatable bonds is 6. The molecule has 11 heteroatoms. The van der Waals surface area contributed by atoms with Gasteiger partial charge in [-0.25, -0.2) is 9.48 Å². The van der Waals surface area contributed by atoms with Crippen LogP contribution in [0.2, 0.25) is 0 Å². The topological polar surface area (TPSA) is 155 Å². The van der Waals surface area contributed by atoms with Crippen molar-refractivity contribution in [2.75, 3.05) is 6.61 Å². The lowest BCUT2D eigenvalue weighted by Gasteiger charge is -2.17. The number of ether oxygens (including phenoxy) is 1. The molecule has 1 aliphatic rings. The molecule has 0 aliphatic carbocycles. The number of aromatic amines is 1. The molecule has 4 N–H and O–H groups in total. The number of aromatic nitrogens is 5. The molecule has 1 saturated heterocycles. The number of aryl methyl sites for hydroxylation is 1. The summed E-state index contributed by atoms with van der Waals surface area (Å²) in [6, 6.07) is 8.06. The molecule has 0 bridgehead atoms. The van der Waals surface area contributed by atoms with Gasteiger partial charge in [0.25, 0.3) is 5.56 Å². The highest BCUT2D eigenvalue weighted by atomic mass is 16.6. The van der Waals surface area contributed by atoms with Gasteiger partial charge in [-0.1, -0.05) is 36.4 Å². The molecular weight excluding hydrogens is 406 g/mol. The van der Waals surface area contributed by atoms with E-state index in [0.717, 1.165) is 16.6 Å². The van der Waals surface area contributed by atoms with Crippen LogP contribution in [0, 0.1) is 0 Å². The van der Waals surface area contributed by atoms with E-state index in [4.69, 9.17) is 4.74 Å². The van der Waals surface area contributed by atoms with Gasteiger partial charge in [-0.2, -0.15) is 0 Å². The number of aliphatic hydroxyl groups is 3. The van der Waals surface area contributed by atoms with E-state index in [1.165, 1.54) is 11.8 Å². The first-order valence-corrected chi connectivity index (χ1v) is 9.87. The Bertz CT molecular complexity index is 1170. The first kappa shape index (κ1) is 21.1. The zero-order valence-corrected chi connectivity index (χ0v) is 16.8. The summed E-state index contributed by atoms with van der Waals surface area (Å²) in [5, 5.41) is 37.5. The smallest absolute Gasteiger partial charge is 0.330 e. The Morgan fingerprint density at radius 3 is 2.45 bits per heavy atom. The highest BCUT2D eigenvalue weighted by Gasteiger charge is 2.43. The molecule has 164 valence electrons. The van der Waals surface area contributed by atoms with Gasteiger partial charge in [0.1, 0.15) is 24.0 Å². The minimum atomic E-state index is -1.46. The normalized spacial score (nSPS) is 23.4. The van der Waals surface area contributed by atoms with E-state index in [0.29, 0.717) is 6.54 Å². The van der Waals surface area contributed by atoms with Crippen LogP contribution in [-0.2, 0) is 17.7 Å². The molecule has 0 unspecified atom stereocenters. The summed E-state index contributed by atoms with van der Waals surface area (Å²) >= 11 is 0. The van der Waals surface area contributed by atoms with Crippen LogP contribution >= 0.6 is 0 Å². The molecule has 3 aromatic rings. The third kappa shape index (κ3) is 4.08. The van der Waals surface area contributed by atoms with Gasteiger partial charge >= 0.3 is 5.69 Å². The number of nitrogens with zero attached hydrogens (tertiary/aromatic N) is 4. The molecule has 3 heterocycles. The van der Waals surface area contributed by atoms with Crippen LogP contribution in [0.5, 0.6) is 0 Å². The van der Waals surface area contributed by atoms with Crippen molar-refractivity contribution < 1.29 is 20.1 Å². The third-order valence-corrected chi connectivity index (χ3v) is 5.35. The van der Waals surface area contributed by atoms with Crippen molar-refractivity contribution in [2.45, 2.75) is 44.4 Å². The molecular formula is C20H23N5O6. The number of benzene rings is 1. The molecule has 1 aliphatic heterocycles. The third-order valence-electron chi connectivity index (χ3n) is 5.35. The Kier molecular flexibility index (Phi) is 5.83. The second kappa shape index (κ2) is 8.55. The fourth-order valence-corrected chi connectivity index (χ4v) is 3.53. The standard InChI is InChI=1S/C20H23N5O6/c1-2-11-3-5-12(6-4-11)7-24-9-14(22-23-24)13-8-25(20(30)21-18(13)29)19-17(28)16(27)15(10-26)31-19/h3-6,8-9,15-17,19,26-28H,2,7,10H2,1H3,(H,21,29,30)/t15-,16-,17-,19-/m1/s1. The number of H-pyrrole nitrogens is 1. The molecule has 0 spiro atoms. The second-order valence-electron chi connectivity index (χ2n) is 7.41. The number of hydrogen-bond acceptors (Lipinski definition) is 8. The summed E-state index contributed by atoms with van der Waals surface area (Å²) in [6.45, 7) is 1.99. The van der Waals surface area contributed by atoms with Gasteiger partial charge in [0.05, 0.1) is 24.9 Å². The zero-order valence-electron chi connectivity index (χ0n) is 16.8. The zero-order chi connectivity index (χ0) is 22.1. The molecule has 1 fully saturated rings. The van der Waals surface area contributed by atoms with Crippen LogP contribution in [0.25, 0.3) is 11.3 Å². The lowest BCUT2D eigenvalue weighted by atomic mass is 10.1. The first-order valence-electron chi connectivity index (χ1n) is 9.87. The predicted molar refractivity (Wildman–Crippen MR) is 108 cm³/mol. The highest BCUT2D eigenvalue weighted by molar-refractivity contribution is 5.54. The van der Waals surface area contributed by atoms with E-state index in [-0.39, 0.29) is 11.3 Å². The maximum atomic E-state index is 12.4. The van der Waals surface area contributed by atoms with Crippen LogP contribution in [0.1, 0.15) is 24.3 Å². The summed E-state index contributed by atoms with van der Waals surface area (Å²) in [7, 11) is 0. The summed E-state index contributed by atoms with van der Waals surface area (Å²) in [4.78, 5) is 26.8. The highest BCUT2D eigenvalue weighted by Crippen LogP contribution is 2.28. The Labute approximate surface area is 176 Å². The minimum Gasteiger partial charge on any atom is -0.394 e. The van der Waals surface area contributed by atoms with Crippen molar-refractivity contribution in [3.05, 3.63) is 68.6 Å². The number of nitrogens with one attached hydrogen (secondary N) is 1. The Hall–Kier alpha value is -3.12. The van der Waals surface area contributed by atoms with Gasteiger partial charge in [-0.3, -0.25) is 14.3 Å². The quantitative estimate of drug-likeness (QED) is 0.390. The molecule has 2 aromatic heterocycles. The Balaban J connectivity index is 1.62. The molecule has 1 aromatic carbocycles. The SMILES string of the molecule is CCc1ccc(Cn2cc(-c3cn([C@@H]4O[C@H](CO)[C@@H](O)[C@H]4O)c(=O)[nH]c3=O)nn2)cc1. The van der Waals surface area contributed by atoms with Crippen LogP contribution in [0.15, 0.2) is 46.2 Å². The van der Waals surface area contributed by atoms with Crippen molar-refractivity contribution >= 4 is 0 Å². The molecule has 11 nitrogen and oxygen atoms in total. The van der Waals surface area contributed by atoms with Crippen molar-refractivity contribution in [1.82, 2.24) is 24.5 Å². The lowest BCUT2D eigenvalue weighted by Crippen LogP contribution is -2.38. The number of aliphatic hydroxyl groups excluding tert-OH is 3. The maximum absolute atomic E-state index is 12.4. The van der Waals surface area contributed by atoms with Crippen molar-refractivity contribution in [3.8, 4) is 11.3 Å². The van der Waals surface area contributed by atoms with E-state index in [1.807, 2.05) is 24.3 Å². The Morgan fingerprint density at radius 2 is 1.81 bits per heavy atom. The molecule has 31 heavy (non-hydrogen) atoms. The van der Waals surface area contributed by atoms with Crippen molar-refractivity contribution in [2.24, 2.45) is 0 Å². The van der Waals surface area contributed by atoms with Crippen molar-refractivity contribution in [1.29, 1.82) is 0 Å². The van der Waals surface area contributed by atoms with Crippen LogP contribution in [0.4, 0.5) is 0 Å². The summed E-state index contributed by atoms with van der Waals surface area (Å²) in [5.74, 6) is 0. The number of hydrogen-bond donors (Lipinski definition) is 4. The molecule has 4 rings (SSSR count). The summed E-state index contributed by atoms with van der Waals surface area (Å²) in [5.41, 5.74) is 1.01. The van der Waals surface area contributed by atoms with Gasteiger partial charge in [0.15, 0.2) is 6.23 Å². The van der Waals surface area contributed by atoms with Crippen LogP contribution in [0.3, 0.4) is 0 Å². The summed E-state index contributed by atoms with van der Waals surface area (Å²) in [6.07, 6.45) is -1.45. The van der Waals surface area contributed by atoms with E-state index < -0.39 is 42.4 Å². The van der Waals surface area contributed by atoms with Gasteiger partial charge in [-0.05, 0) is 17.5 Å². The molecule has 4 atom stereocenters. The first-order chi connectivity index (χ1) is 14.9. The molecule has 0 saturated carbocycles. The fraction of sp³-hybridized carbons (Fsp3) is 0.400. The molecule has 0 radical (unpaired) electrons. The van der Waals surface area contributed by atoms with E-state index in [1.54, 1.807) is 10.9 Å². The van der Waals surface area contributed by atoms with E-state index >= 15 is 0 Å². The average molecular weight is 429 g/mol. The second-order valence-corrected chi connectivity index (χ2v) is 7.41. The molecule has 0 amide bonds. The average Bonchev–Trinajstić information content (AvgIpc) is 3.34. The monoisotopic (exact) mass is 429 g/mol. The predicted octanol–water partition coefficient (Wildman–Crippen LogP) is -0.983. The van der Waals surface area contributed by atoms with Crippen LogP contribution < -0.4 is 11.2 Å². The largest absolute Gasteiger partial charge is 0.394 e. The maximum Gasteiger partial charge on any atom is 0.330 e. The van der Waals surface area contributed by atoms with Gasteiger partial charge in [0, 0.05) is 6.20 Å². The van der Waals surface area contributed by atoms with E-state index in [9.17, 15) is 24.9 Å².